The average Bonchev–Trinajstić information content (AvgIpc) is 2.13. The van der Waals surface area contributed by atoms with Gasteiger partial charge in [0, 0.05) is 18.6 Å². The lowest BCUT2D eigenvalue weighted by atomic mass is 10.0. The van der Waals surface area contributed by atoms with Gasteiger partial charge in [-0.3, -0.25) is 4.79 Å². The molecule has 1 atom stereocenters. The molecule has 96 valence electrons. The predicted octanol–water partition coefficient (Wildman–Crippen LogP) is 0.687. The van der Waals surface area contributed by atoms with Crippen molar-refractivity contribution in [3.8, 4) is 0 Å². The largest absolute Gasteiger partial charge is 0.353 e. The second-order valence-electron chi connectivity index (χ2n) is 5.11. The van der Waals surface area contributed by atoms with E-state index in [0.717, 1.165) is 0 Å². The number of carbonyl (C=O) groups is 1. The molecule has 0 saturated heterocycles. The molecular formula is C12H27N3O. The minimum absolute atomic E-state index is 0.0706. The Balaban J connectivity index is 3.88. The molecule has 0 aromatic heterocycles. The van der Waals surface area contributed by atoms with Gasteiger partial charge >= 0.3 is 0 Å². The van der Waals surface area contributed by atoms with Gasteiger partial charge in [0.1, 0.15) is 0 Å². The lowest BCUT2D eigenvalue weighted by molar-refractivity contribution is -0.120. The van der Waals surface area contributed by atoms with Gasteiger partial charge in [-0.25, -0.2) is 0 Å². The molecule has 0 fully saturated rings. The normalized spacial score (nSPS) is 13.6. The molecule has 4 nitrogen and oxygen atoms in total. The summed E-state index contributed by atoms with van der Waals surface area (Å²) in [4.78, 5) is 13.7. The number of rotatable bonds is 7. The molecule has 2 N–H and O–H groups in total. The first-order chi connectivity index (χ1) is 7.34. The number of amides is 1. The van der Waals surface area contributed by atoms with Gasteiger partial charge in [-0.15, -0.1) is 0 Å². The number of likely N-dealkylation sites (N-methyl/N-ethyl adjacent to an activating group) is 1. The Morgan fingerprint density at radius 2 is 1.75 bits per heavy atom. The molecule has 1 unspecified atom stereocenters. The Kier molecular flexibility index (Phi) is 7.34. The third-order valence-corrected chi connectivity index (χ3v) is 2.61. The zero-order chi connectivity index (χ0) is 12.7. The smallest absolute Gasteiger partial charge is 0.234 e. The van der Waals surface area contributed by atoms with Gasteiger partial charge in [-0.1, -0.05) is 27.7 Å². The topological polar surface area (TPSA) is 44.4 Å². The summed E-state index contributed by atoms with van der Waals surface area (Å²) in [5.41, 5.74) is 0. The van der Waals surface area contributed by atoms with Crippen molar-refractivity contribution in [2.75, 3.05) is 27.2 Å². The van der Waals surface area contributed by atoms with Crippen molar-refractivity contribution in [3.05, 3.63) is 0 Å². The molecule has 0 radical (unpaired) electrons. The average molecular weight is 229 g/mol. The predicted molar refractivity (Wildman–Crippen MR) is 68.5 cm³/mol. The van der Waals surface area contributed by atoms with Crippen LogP contribution >= 0.6 is 0 Å². The first-order valence-corrected chi connectivity index (χ1v) is 6.01. The van der Waals surface area contributed by atoms with Crippen LogP contribution in [0.15, 0.2) is 0 Å². The van der Waals surface area contributed by atoms with E-state index in [1.54, 1.807) is 0 Å². The molecule has 0 aliphatic heterocycles. The minimum Gasteiger partial charge on any atom is -0.353 e. The fourth-order valence-electron chi connectivity index (χ4n) is 1.59. The zero-order valence-electron chi connectivity index (χ0n) is 11.5. The van der Waals surface area contributed by atoms with E-state index in [-0.39, 0.29) is 5.91 Å². The molecule has 0 heterocycles. The van der Waals surface area contributed by atoms with E-state index in [4.69, 9.17) is 0 Å². The first kappa shape index (κ1) is 15.4. The number of hydrogen-bond acceptors (Lipinski definition) is 3. The zero-order valence-corrected chi connectivity index (χ0v) is 11.5. The van der Waals surface area contributed by atoms with Crippen molar-refractivity contribution in [1.29, 1.82) is 0 Å². The Morgan fingerprint density at radius 3 is 2.12 bits per heavy atom. The van der Waals surface area contributed by atoms with Crippen LogP contribution in [0.25, 0.3) is 0 Å². The molecule has 0 spiro atoms. The van der Waals surface area contributed by atoms with E-state index in [1.807, 2.05) is 27.9 Å². The molecule has 0 aromatic rings. The van der Waals surface area contributed by atoms with Crippen LogP contribution in [0.3, 0.4) is 0 Å². The monoisotopic (exact) mass is 229 g/mol. The fourth-order valence-corrected chi connectivity index (χ4v) is 1.59. The van der Waals surface area contributed by atoms with Gasteiger partial charge in [0.25, 0.3) is 0 Å². The van der Waals surface area contributed by atoms with E-state index in [9.17, 15) is 4.79 Å². The number of nitrogens with zero attached hydrogens (tertiary/aromatic N) is 1. The highest BCUT2D eigenvalue weighted by molar-refractivity contribution is 5.78. The van der Waals surface area contributed by atoms with Crippen LogP contribution < -0.4 is 10.6 Å². The molecule has 4 heteroatoms. The standard InChI is InChI=1S/C12H27N3O/c1-9(2)11(15(5)6)7-14-12(16)8-13-10(3)4/h9-11,13H,7-8H2,1-6H3,(H,14,16). The van der Waals surface area contributed by atoms with E-state index in [1.165, 1.54) is 0 Å². The molecule has 0 saturated carbocycles. The van der Waals surface area contributed by atoms with Crippen molar-refractivity contribution in [2.45, 2.75) is 39.8 Å². The molecule has 0 aliphatic carbocycles. The van der Waals surface area contributed by atoms with Gasteiger partial charge in [-0.2, -0.15) is 0 Å². The van der Waals surface area contributed by atoms with Crippen LogP contribution in [-0.4, -0.2) is 50.1 Å². The number of carbonyl (C=O) groups excluding carboxylic acids is 1. The van der Waals surface area contributed by atoms with E-state index < -0.39 is 0 Å². The number of hydrogen-bond donors (Lipinski definition) is 2. The summed E-state index contributed by atoms with van der Waals surface area (Å²) >= 11 is 0. The quantitative estimate of drug-likeness (QED) is 0.675. The highest BCUT2D eigenvalue weighted by Crippen LogP contribution is 2.05. The maximum absolute atomic E-state index is 11.5. The van der Waals surface area contributed by atoms with Crippen LogP contribution in [-0.2, 0) is 4.79 Å². The van der Waals surface area contributed by atoms with E-state index >= 15 is 0 Å². The summed E-state index contributed by atoms with van der Waals surface area (Å²) < 4.78 is 0. The molecule has 1 amide bonds. The summed E-state index contributed by atoms with van der Waals surface area (Å²) in [5.74, 6) is 0.606. The van der Waals surface area contributed by atoms with E-state index in [2.05, 4.69) is 29.4 Å². The van der Waals surface area contributed by atoms with Crippen LogP contribution in [0.5, 0.6) is 0 Å². The summed E-state index contributed by atoms with van der Waals surface area (Å²) in [5, 5.41) is 6.06. The van der Waals surface area contributed by atoms with Crippen LogP contribution in [0.4, 0.5) is 0 Å². The van der Waals surface area contributed by atoms with Gasteiger partial charge in [0.05, 0.1) is 6.54 Å². The van der Waals surface area contributed by atoms with Gasteiger partial charge in [0.15, 0.2) is 0 Å². The Hall–Kier alpha value is -0.610. The summed E-state index contributed by atoms with van der Waals surface area (Å²) in [6.07, 6.45) is 0. The van der Waals surface area contributed by atoms with Crippen LogP contribution in [0.1, 0.15) is 27.7 Å². The molecule has 16 heavy (non-hydrogen) atoms. The van der Waals surface area contributed by atoms with Gasteiger partial charge in [-0.05, 0) is 20.0 Å². The highest BCUT2D eigenvalue weighted by atomic mass is 16.1. The van der Waals surface area contributed by atoms with Crippen molar-refractivity contribution >= 4 is 5.91 Å². The third kappa shape index (κ3) is 6.80. The first-order valence-electron chi connectivity index (χ1n) is 6.01. The Bertz CT molecular complexity index is 194. The van der Waals surface area contributed by atoms with Crippen molar-refractivity contribution in [2.24, 2.45) is 5.92 Å². The second-order valence-corrected chi connectivity index (χ2v) is 5.11. The third-order valence-electron chi connectivity index (χ3n) is 2.61. The van der Waals surface area contributed by atoms with Gasteiger partial charge < -0.3 is 15.5 Å². The van der Waals surface area contributed by atoms with Crippen molar-refractivity contribution in [1.82, 2.24) is 15.5 Å². The molecular weight excluding hydrogens is 202 g/mol. The maximum atomic E-state index is 11.5. The Morgan fingerprint density at radius 1 is 1.19 bits per heavy atom. The SMILES string of the molecule is CC(C)NCC(=O)NCC(C(C)C)N(C)C. The maximum Gasteiger partial charge on any atom is 0.234 e. The van der Waals surface area contributed by atoms with Crippen LogP contribution in [0.2, 0.25) is 0 Å². The molecule has 0 aromatic carbocycles. The van der Waals surface area contributed by atoms with Crippen molar-refractivity contribution in [3.63, 3.8) is 0 Å². The molecule has 0 bridgehead atoms. The van der Waals surface area contributed by atoms with Crippen LogP contribution in [0, 0.1) is 5.92 Å². The summed E-state index contributed by atoms with van der Waals surface area (Å²) in [7, 11) is 4.09. The molecule has 0 rings (SSSR count). The fraction of sp³-hybridized carbons (Fsp3) is 0.917. The Labute approximate surface area is 99.8 Å². The minimum atomic E-state index is 0.0706. The van der Waals surface area contributed by atoms with E-state index in [0.29, 0.717) is 31.1 Å². The lowest BCUT2D eigenvalue weighted by Crippen LogP contribution is -2.46. The lowest BCUT2D eigenvalue weighted by Gasteiger charge is -2.28. The number of nitrogens with one attached hydrogen (secondary N) is 2. The van der Waals surface area contributed by atoms with Crippen molar-refractivity contribution < 1.29 is 4.79 Å². The highest BCUT2D eigenvalue weighted by Gasteiger charge is 2.16. The van der Waals surface area contributed by atoms with Gasteiger partial charge in [0.2, 0.25) is 5.91 Å². The summed E-state index contributed by atoms with van der Waals surface area (Å²) in [6.45, 7) is 9.51. The second kappa shape index (κ2) is 7.63. The molecule has 0 aliphatic rings. The summed E-state index contributed by atoms with van der Waals surface area (Å²) in [6, 6.07) is 0.739.